The molecule has 0 bridgehead atoms. The number of halogens is 1. The van der Waals surface area contributed by atoms with Crippen molar-refractivity contribution in [3.8, 4) is 17.1 Å². The van der Waals surface area contributed by atoms with Crippen LogP contribution in [0.4, 0.5) is 4.39 Å². The Kier molecular flexibility index (Phi) is 6.55. The van der Waals surface area contributed by atoms with Crippen LogP contribution in [0.3, 0.4) is 0 Å². The van der Waals surface area contributed by atoms with Crippen molar-refractivity contribution in [1.82, 2.24) is 25.6 Å². The topological polar surface area (TPSA) is 98.1 Å². The summed E-state index contributed by atoms with van der Waals surface area (Å²) in [5, 5.41) is 4.41. The van der Waals surface area contributed by atoms with Gasteiger partial charge in [0.25, 0.3) is 0 Å². The molecule has 8 nitrogen and oxygen atoms in total. The van der Waals surface area contributed by atoms with Gasteiger partial charge in [-0.15, -0.1) is 5.10 Å². The van der Waals surface area contributed by atoms with Crippen molar-refractivity contribution in [3.63, 3.8) is 0 Å². The zero-order valence-electron chi connectivity index (χ0n) is 19.4. The lowest BCUT2D eigenvalue weighted by atomic mass is 9.73. The number of benzene rings is 3. The zero-order valence-corrected chi connectivity index (χ0v) is 19.4. The number of hydrogen-bond donors (Lipinski definition) is 2. The minimum atomic E-state index is -0.953. The Morgan fingerprint density at radius 2 is 1.50 bits per heavy atom. The van der Waals surface area contributed by atoms with Gasteiger partial charge in [-0.25, -0.2) is 14.1 Å². The van der Waals surface area contributed by atoms with Gasteiger partial charge in [0.2, 0.25) is 11.7 Å². The molecule has 1 aliphatic heterocycles. The number of para-hydroxylation sites is 1. The number of hydrazine groups is 1. The number of nitrogens with one attached hydrogen (secondary N) is 2. The van der Waals surface area contributed by atoms with E-state index in [0.29, 0.717) is 37.4 Å². The summed E-state index contributed by atoms with van der Waals surface area (Å²) in [6, 6.07) is 24.6. The standard InChI is InChI=1S/C27H24FN5O3/c28-21-13-11-20(12-14-21)27(15-17-36-18-16-27)26(35)31-30-25(34)23-29-24(19-7-3-1-4-8-19)33(32-23)22-9-5-2-6-10-22/h1-14H,15-18H2,(H,30,34)(H,31,35). The molecule has 0 saturated carbocycles. The van der Waals surface area contributed by atoms with E-state index in [1.54, 1.807) is 16.8 Å². The summed E-state index contributed by atoms with van der Waals surface area (Å²) in [7, 11) is 0. The molecule has 1 fully saturated rings. The number of aromatic nitrogens is 3. The van der Waals surface area contributed by atoms with Crippen LogP contribution in [0.1, 0.15) is 29.0 Å². The highest BCUT2D eigenvalue weighted by atomic mass is 19.1. The molecule has 5 rings (SSSR count). The van der Waals surface area contributed by atoms with Crippen molar-refractivity contribution in [2.75, 3.05) is 13.2 Å². The van der Waals surface area contributed by atoms with E-state index in [-0.39, 0.29) is 11.6 Å². The highest BCUT2D eigenvalue weighted by Crippen LogP contribution is 2.35. The molecule has 0 spiro atoms. The van der Waals surface area contributed by atoms with Crippen molar-refractivity contribution in [2.45, 2.75) is 18.3 Å². The van der Waals surface area contributed by atoms with Crippen LogP contribution in [0.2, 0.25) is 0 Å². The van der Waals surface area contributed by atoms with Gasteiger partial charge in [0.05, 0.1) is 11.1 Å². The third kappa shape index (κ3) is 4.60. The monoisotopic (exact) mass is 485 g/mol. The summed E-state index contributed by atoms with van der Waals surface area (Å²) in [4.78, 5) is 30.8. The third-order valence-corrected chi connectivity index (χ3v) is 6.31. The lowest BCUT2D eigenvalue weighted by Gasteiger charge is -2.36. The first-order valence-electron chi connectivity index (χ1n) is 11.6. The third-order valence-electron chi connectivity index (χ3n) is 6.31. The van der Waals surface area contributed by atoms with E-state index in [1.807, 2.05) is 60.7 Å². The molecule has 0 unspecified atom stereocenters. The molecule has 0 atom stereocenters. The molecular formula is C27H24FN5O3. The molecule has 1 aliphatic rings. The SMILES string of the molecule is O=C(NNC(=O)C1(c2ccc(F)cc2)CCOCC1)c1nc(-c2ccccc2)n(-c2ccccc2)n1. The first-order valence-corrected chi connectivity index (χ1v) is 11.6. The maximum Gasteiger partial charge on any atom is 0.309 e. The van der Waals surface area contributed by atoms with Crippen molar-refractivity contribution in [2.24, 2.45) is 0 Å². The maximum absolute atomic E-state index is 13.5. The Balaban J connectivity index is 1.39. The van der Waals surface area contributed by atoms with Crippen LogP contribution < -0.4 is 10.9 Å². The van der Waals surface area contributed by atoms with E-state index < -0.39 is 17.2 Å². The lowest BCUT2D eigenvalue weighted by Crippen LogP contribution is -2.53. The van der Waals surface area contributed by atoms with Gasteiger partial charge in [-0.05, 0) is 42.7 Å². The fourth-order valence-corrected chi connectivity index (χ4v) is 4.36. The molecule has 1 saturated heterocycles. The van der Waals surface area contributed by atoms with E-state index in [1.165, 1.54) is 12.1 Å². The first kappa shape index (κ1) is 23.4. The largest absolute Gasteiger partial charge is 0.381 e. The van der Waals surface area contributed by atoms with Crippen LogP contribution in [-0.2, 0) is 14.9 Å². The number of rotatable bonds is 5. The Morgan fingerprint density at radius 1 is 0.861 bits per heavy atom. The van der Waals surface area contributed by atoms with Gasteiger partial charge in [0.15, 0.2) is 5.82 Å². The normalized spacial score (nSPS) is 14.7. The van der Waals surface area contributed by atoms with Crippen LogP contribution in [-0.4, -0.2) is 39.8 Å². The smallest absolute Gasteiger partial charge is 0.309 e. The molecule has 0 radical (unpaired) electrons. The predicted octanol–water partition coefficient (Wildman–Crippen LogP) is 3.58. The second-order valence-electron chi connectivity index (χ2n) is 8.48. The van der Waals surface area contributed by atoms with Crippen molar-refractivity contribution in [1.29, 1.82) is 0 Å². The second-order valence-corrected chi connectivity index (χ2v) is 8.48. The summed E-state index contributed by atoms with van der Waals surface area (Å²) < 4.78 is 20.5. The van der Waals surface area contributed by atoms with Crippen molar-refractivity contribution < 1.29 is 18.7 Å². The van der Waals surface area contributed by atoms with Crippen molar-refractivity contribution in [3.05, 3.63) is 102 Å². The number of nitrogens with zero attached hydrogens (tertiary/aromatic N) is 3. The molecule has 3 aromatic carbocycles. The molecule has 4 aromatic rings. The summed E-state index contributed by atoms with van der Waals surface area (Å²) in [6.07, 6.45) is 0.804. The Morgan fingerprint density at radius 3 is 2.17 bits per heavy atom. The highest BCUT2D eigenvalue weighted by molar-refractivity contribution is 5.95. The van der Waals surface area contributed by atoms with E-state index >= 15 is 0 Å². The van der Waals surface area contributed by atoms with E-state index in [2.05, 4.69) is 20.9 Å². The summed E-state index contributed by atoms with van der Waals surface area (Å²) in [6.45, 7) is 0.754. The van der Waals surface area contributed by atoms with Gasteiger partial charge in [0.1, 0.15) is 5.82 Å². The van der Waals surface area contributed by atoms with Gasteiger partial charge in [-0.3, -0.25) is 20.4 Å². The van der Waals surface area contributed by atoms with Crippen LogP contribution in [0.15, 0.2) is 84.9 Å². The van der Waals surface area contributed by atoms with Gasteiger partial charge in [-0.2, -0.15) is 0 Å². The minimum absolute atomic E-state index is 0.0965. The number of hydrogen-bond acceptors (Lipinski definition) is 5. The van der Waals surface area contributed by atoms with Crippen molar-refractivity contribution >= 4 is 11.8 Å². The second kappa shape index (κ2) is 10.1. The average Bonchev–Trinajstić information content (AvgIpc) is 3.39. The number of amides is 2. The van der Waals surface area contributed by atoms with Gasteiger partial charge >= 0.3 is 5.91 Å². The molecule has 182 valence electrons. The van der Waals surface area contributed by atoms with E-state index in [9.17, 15) is 14.0 Å². The maximum atomic E-state index is 13.5. The zero-order chi connectivity index (χ0) is 25.0. The van der Waals surface area contributed by atoms with Gasteiger partial charge < -0.3 is 4.74 Å². The fraction of sp³-hybridized carbons (Fsp3) is 0.185. The average molecular weight is 486 g/mol. The summed E-state index contributed by atoms with van der Waals surface area (Å²) in [5.74, 6) is -1.05. The Bertz CT molecular complexity index is 1290. The lowest BCUT2D eigenvalue weighted by molar-refractivity contribution is -0.131. The molecule has 9 heteroatoms. The molecule has 2 amide bonds. The van der Waals surface area contributed by atoms with Gasteiger partial charge in [-0.1, -0.05) is 60.7 Å². The quantitative estimate of drug-likeness (QED) is 0.421. The summed E-state index contributed by atoms with van der Waals surface area (Å²) >= 11 is 0. The summed E-state index contributed by atoms with van der Waals surface area (Å²) in [5.41, 5.74) is 6.23. The molecule has 1 aromatic heterocycles. The molecule has 2 heterocycles. The van der Waals surface area contributed by atoms with Gasteiger partial charge in [0, 0.05) is 18.8 Å². The van der Waals surface area contributed by atoms with Crippen LogP contribution in [0.5, 0.6) is 0 Å². The van der Waals surface area contributed by atoms with Crippen LogP contribution >= 0.6 is 0 Å². The number of ether oxygens (including phenoxy) is 1. The first-order chi connectivity index (χ1) is 17.6. The number of carbonyl (C=O) groups excluding carboxylic acids is 2. The molecule has 2 N–H and O–H groups in total. The van der Waals surface area contributed by atoms with Crippen LogP contribution in [0.25, 0.3) is 17.1 Å². The number of carbonyl (C=O) groups is 2. The van der Waals surface area contributed by atoms with Crippen LogP contribution in [0, 0.1) is 5.82 Å². The molecule has 36 heavy (non-hydrogen) atoms. The van der Waals surface area contributed by atoms with E-state index in [4.69, 9.17) is 4.74 Å². The molecule has 0 aliphatic carbocycles. The predicted molar refractivity (Wildman–Crippen MR) is 131 cm³/mol. The Hall–Kier alpha value is -4.37. The van der Waals surface area contributed by atoms with E-state index in [0.717, 1.165) is 11.3 Å². The minimum Gasteiger partial charge on any atom is -0.381 e. The fourth-order valence-electron chi connectivity index (χ4n) is 4.36. The Labute approximate surface area is 207 Å². The highest BCUT2D eigenvalue weighted by Gasteiger charge is 2.42. The molecular weight excluding hydrogens is 461 g/mol.